The van der Waals surface area contributed by atoms with Gasteiger partial charge in [0.15, 0.2) is 0 Å². The summed E-state index contributed by atoms with van der Waals surface area (Å²) in [4.78, 5) is 0. The monoisotopic (exact) mass is 337 g/mol. The SMILES string of the molecule is CC(C)(C)NCC(O)COCCOc1ccc(Cl)cc1.Cl. The second-order valence-electron chi connectivity index (χ2n) is 5.66. The number of aliphatic hydroxyl groups is 1. The Morgan fingerprint density at radius 2 is 1.81 bits per heavy atom. The molecule has 21 heavy (non-hydrogen) atoms. The van der Waals surface area contributed by atoms with E-state index >= 15 is 0 Å². The molecule has 6 heteroatoms. The molecule has 0 aliphatic rings. The predicted octanol–water partition coefficient (Wildman–Crippen LogP) is 2.91. The van der Waals surface area contributed by atoms with Crippen molar-refractivity contribution in [1.82, 2.24) is 5.32 Å². The highest BCUT2D eigenvalue weighted by Crippen LogP contribution is 2.15. The van der Waals surface area contributed by atoms with E-state index in [-0.39, 0.29) is 17.9 Å². The van der Waals surface area contributed by atoms with Crippen LogP contribution >= 0.6 is 24.0 Å². The van der Waals surface area contributed by atoms with E-state index in [0.29, 0.717) is 31.4 Å². The summed E-state index contributed by atoms with van der Waals surface area (Å²) in [6.07, 6.45) is -0.509. The molecule has 1 rings (SSSR count). The van der Waals surface area contributed by atoms with Gasteiger partial charge in [-0.1, -0.05) is 11.6 Å². The lowest BCUT2D eigenvalue weighted by Crippen LogP contribution is -2.42. The van der Waals surface area contributed by atoms with E-state index < -0.39 is 6.10 Å². The van der Waals surface area contributed by atoms with Gasteiger partial charge in [0.05, 0.1) is 19.3 Å². The molecule has 0 saturated carbocycles. The summed E-state index contributed by atoms with van der Waals surface area (Å²) in [6.45, 7) is 7.87. The van der Waals surface area contributed by atoms with E-state index in [1.54, 1.807) is 12.1 Å². The van der Waals surface area contributed by atoms with Crippen molar-refractivity contribution < 1.29 is 14.6 Å². The molecule has 1 aromatic carbocycles. The summed E-state index contributed by atoms with van der Waals surface area (Å²) in [6, 6.07) is 7.17. The van der Waals surface area contributed by atoms with E-state index in [2.05, 4.69) is 26.1 Å². The largest absolute Gasteiger partial charge is 0.491 e. The number of halogens is 2. The topological polar surface area (TPSA) is 50.7 Å². The average Bonchev–Trinajstić information content (AvgIpc) is 2.37. The summed E-state index contributed by atoms with van der Waals surface area (Å²) in [5.41, 5.74) is -0.00132. The number of benzene rings is 1. The molecular formula is C15H25Cl2NO3. The molecule has 122 valence electrons. The molecule has 0 aromatic heterocycles. The van der Waals surface area contributed by atoms with Gasteiger partial charge in [-0.2, -0.15) is 0 Å². The lowest BCUT2D eigenvalue weighted by Gasteiger charge is -2.22. The number of aliphatic hydroxyl groups excluding tert-OH is 1. The van der Waals surface area contributed by atoms with Crippen LogP contribution in [0.25, 0.3) is 0 Å². The van der Waals surface area contributed by atoms with Crippen LogP contribution in [-0.4, -0.2) is 43.1 Å². The molecule has 1 aromatic rings. The Morgan fingerprint density at radius 1 is 1.19 bits per heavy atom. The van der Waals surface area contributed by atoms with Gasteiger partial charge in [-0.05, 0) is 45.0 Å². The molecule has 1 unspecified atom stereocenters. The molecule has 4 nitrogen and oxygen atoms in total. The van der Waals surface area contributed by atoms with Gasteiger partial charge in [0.2, 0.25) is 0 Å². The zero-order valence-electron chi connectivity index (χ0n) is 12.8. The quantitative estimate of drug-likeness (QED) is 0.716. The van der Waals surface area contributed by atoms with E-state index in [0.717, 1.165) is 5.75 Å². The van der Waals surface area contributed by atoms with Crippen LogP contribution in [0, 0.1) is 0 Å². The van der Waals surface area contributed by atoms with Gasteiger partial charge in [-0.15, -0.1) is 12.4 Å². The van der Waals surface area contributed by atoms with Crippen molar-refractivity contribution in [2.75, 3.05) is 26.4 Å². The first-order valence-corrected chi connectivity index (χ1v) is 7.14. The molecule has 0 aliphatic heterocycles. The summed E-state index contributed by atoms with van der Waals surface area (Å²) in [5.74, 6) is 0.757. The smallest absolute Gasteiger partial charge is 0.119 e. The Hall–Kier alpha value is -0.520. The number of hydrogen-bond acceptors (Lipinski definition) is 4. The van der Waals surface area contributed by atoms with Gasteiger partial charge in [0.25, 0.3) is 0 Å². The zero-order chi connectivity index (χ0) is 15.0. The van der Waals surface area contributed by atoms with E-state index in [9.17, 15) is 5.11 Å². The fourth-order valence-corrected chi connectivity index (χ4v) is 1.58. The predicted molar refractivity (Wildman–Crippen MR) is 88.8 cm³/mol. The lowest BCUT2D eigenvalue weighted by molar-refractivity contribution is 0.0227. The minimum atomic E-state index is -0.509. The number of nitrogens with one attached hydrogen (secondary N) is 1. The minimum absolute atomic E-state index is 0. The first-order valence-electron chi connectivity index (χ1n) is 6.76. The van der Waals surface area contributed by atoms with Gasteiger partial charge in [0, 0.05) is 17.1 Å². The molecule has 2 N–H and O–H groups in total. The number of β-amino-alcohol motifs (C(OH)–C–C–N with tert-alkyl or cyclic N) is 1. The zero-order valence-corrected chi connectivity index (χ0v) is 14.3. The summed E-state index contributed by atoms with van der Waals surface area (Å²) in [7, 11) is 0. The van der Waals surface area contributed by atoms with Crippen molar-refractivity contribution >= 4 is 24.0 Å². The van der Waals surface area contributed by atoms with E-state index in [1.165, 1.54) is 0 Å². The normalized spacial score (nSPS) is 12.6. The second-order valence-corrected chi connectivity index (χ2v) is 6.10. The molecule has 0 amide bonds. The molecular weight excluding hydrogens is 313 g/mol. The summed E-state index contributed by atoms with van der Waals surface area (Å²) >= 11 is 5.78. The van der Waals surface area contributed by atoms with Crippen molar-refractivity contribution in [2.45, 2.75) is 32.4 Å². The standard InChI is InChI=1S/C15H24ClNO3.ClH/c1-15(2,3)17-10-13(18)11-19-8-9-20-14-6-4-12(16)5-7-14;/h4-7,13,17-18H,8-11H2,1-3H3;1H. The van der Waals surface area contributed by atoms with Crippen molar-refractivity contribution in [2.24, 2.45) is 0 Å². The molecule has 1 atom stereocenters. The van der Waals surface area contributed by atoms with Gasteiger partial charge >= 0.3 is 0 Å². The van der Waals surface area contributed by atoms with Crippen molar-refractivity contribution in [3.05, 3.63) is 29.3 Å². The molecule has 0 radical (unpaired) electrons. The molecule has 0 aliphatic carbocycles. The maximum atomic E-state index is 9.72. The van der Waals surface area contributed by atoms with Gasteiger partial charge in [-0.3, -0.25) is 0 Å². The molecule has 0 bridgehead atoms. The molecule has 0 fully saturated rings. The van der Waals surface area contributed by atoms with Crippen LogP contribution in [0.4, 0.5) is 0 Å². The van der Waals surface area contributed by atoms with Crippen LogP contribution in [0.5, 0.6) is 5.75 Å². The number of hydrogen-bond donors (Lipinski definition) is 2. The maximum absolute atomic E-state index is 9.72. The van der Waals surface area contributed by atoms with E-state index in [1.807, 2.05) is 12.1 Å². The Bertz CT molecular complexity index is 380. The lowest BCUT2D eigenvalue weighted by atomic mass is 10.1. The van der Waals surface area contributed by atoms with Crippen LogP contribution in [0.1, 0.15) is 20.8 Å². The number of rotatable bonds is 8. The molecule has 0 heterocycles. The van der Waals surface area contributed by atoms with Crippen LogP contribution in [0.2, 0.25) is 5.02 Å². The Balaban J connectivity index is 0.00000400. The third kappa shape index (κ3) is 10.8. The van der Waals surface area contributed by atoms with Gasteiger partial charge in [-0.25, -0.2) is 0 Å². The highest BCUT2D eigenvalue weighted by Gasteiger charge is 2.11. The maximum Gasteiger partial charge on any atom is 0.119 e. The van der Waals surface area contributed by atoms with Crippen molar-refractivity contribution in [1.29, 1.82) is 0 Å². The van der Waals surface area contributed by atoms with Crippen LogP contribution in [0.15, 0.2) is 24.3 Å². The highest BCUT2D eigenvalue weighted by molar-refractivity contribution is 6.30. The molecule has 0 saturated heterocycles. The third-order valence-electron chi connectivity index (χ3n) is 2.49. The van der Waals surface area contributed by atoms with Gasteiger partial charge < -0.3 is 19.9 Å². The fraction of sp³-hybridized carbons (Fsp3) is 0.600. The average molecular weight is 338 g/mol. The van der Waals surface area contributed by atoms with Gasteiger partial charge in [0.1, 0.15) is 12.4 Å². The third-order valence-corrected chi connectivity index (χ3v) is 2.74. The van der Waals surface area contributed by atoms with Crippen LogP contribution in [0.3, 0.4) is 0 Å². The fourth-order valence-electron chi connectivity index (χ4n) is 1.45. The number of ether oxygens (including phenoxy) is 2. The highest BCUT2D eigenvalue weighted by atomic mass is 35.5. The van der Waals surface area contributed by atoms with Crippen LogP contribution in [-0.2, 0) is 4.74 Å². The van der Waals surface area contributed by atoms with Crippen LogP contribution < -0.4 is 10.1 Å². The molecule has 0 spiro atoms. The Kier molecular flexibility index (Phi) is 9.99. The van der Waals surface area contributed by atoms with E-state index in [4.69, 9.17) is 21.1 Å². The van der Waals surface area contributed by atoms with Crippen molar-refractivity contribution in [3.8, 4) is 5.75 Å². The summed E-state index contributed by atoms with van der Waals surface area (Å²) < 4.78 is 10.8. The minimum Gasteiger partial charge on any atom is -0.491 e. The summed E-state index contributed by atoms with van der Waals surface area (Å²) in [5, 5.41) is 13.6. The first-order chi connectivity index (χ1) is 9.37. The first kappa shape index (κ1) is 20.5. The second kappa shape index (κ2) is 10.2. The van der Waals surface area contributed by atoms with Crippen molar-refractivity contribution in [3.63, 3.8) is 0 Å². The Morgan fingerprint density at radius 3 is 2.38 bits per heavy atom. The Labute approximate surface area is 138 Å².